The molecule has 2 aromatic heterocycles. The van der Waals surface area contributed by atoms with Gasteiger partial charge in [0.25, 0.3) is 5.91 Å². The molecule has 114 valence electrons. The third kappa shape index (κ3) is 3.44. The van der Waals surface area contributed by atoms with Gasteiger partial charge in [-0.05, 0) is 24.3 Å². The number of rotatable bonds is 3. The normalized spacial score (nSPS) is 10.1. The molecule has 0 aliphatic rings. The molecule has 0 radical (unpaired) electrons. The van der Waals surface area contributed by atoms with Crippen molar-refractivity contribution in [3.05, 3.63) is 78.3 Å². The average molecular weight is 307 g/mol. The first-order chi connectivity index (χ1) is 11.2. The number of carbonyl (C=O) groups is 2. The van der Waals surface area contributed by atoms with Crippen LogP contribution in [0.25, 0.3) is 11.3 Å². The molecule has 0 aliphatic heterocycles. The van der Waals surface area contributed by atoms with Gasteiger partial charge in [-0.1, -0.05) is 36.4 Å². The Bertz CT molecular complexity index is 813. The number of amides is 2. The first-order valence-corrected chi connectivity index (χ1v) is 6.91. The van der Waals surface area contributed by atoms with E-state index in [9.17, 15) is 9.59 Å². The summed E-state index contributed by atoms with van der Waals surface area (Å²) in [5, 5.41) is 0. The summed E-state index contributed by atoms with van der Waals surface area (Å²) < 4.78 is 5.49. The molecule has 0 bridgehead atoms. The maximum Gasteiger partial charge on any atom is 0.305 e. The summed E-state index contributed by atoms with van der Waals surface area (Å²) in [4.78, 5) is 27.7. The highest BCUT2D eigenvalue weighted by atomic mass is 16.4. The number of hydrazine groups is 1. The molecule has 3 rings (SSSR count). The van der Waals surface area contributed by atoms with Crippen LogP contribution in [0.3, 0.4) is 0 Å². The molecule has 0 spiro atoms. The van der Waals surface area contributed by atoms with Crippen LogP contribution in [0.4, 0.5) is 0 Å². The second kappa shape index (κ2) is 6.57. The van der Waals surface area contributed by atoms with Crippen LogP contribution in [0.5, 0.6) is 0 Å². The standard InChI is InChI=1S/C17H13N3O3/c21-16(13-8-4-5-11-18-13)19-20-17(22)15-10-9-14(23-15)12-6-2-1-3-7-12/h1-11H,(H,19,21)(H,20,22). The average Bonchev–Trinajstić information content (AvgIpc) is 3.11. The van der Waals surface area contributed by atoms with E-state index in [0.29, 0.717) is 5.76 Å². The van der Waals surface area contributed by atoms with Crippen molar-refractivity contribution >= 4 is 11.8 Å². The minimum absolute atomic E-state index is 0.102. The number of furan rings is 1. The zero-order chi connectivity index (χ0) is 16.1. The molecule has 3 aromatic rings. The molecule has 2 amide bonds. The van der Waals surface area contributed by atoms with Gasteiger partial charge in [0, 0.05) is 11.8 Å². The second-order valence-corrected chi connectivity index (χ2v) is 4.65. The van der Waals surface area contributed by atoms with Gasteiger partial charge in [0.15, 0.2) is 5.76 Å². The maximum absolute atomic E-state index is 12.0. The Balaban J connectivity index is 1.63. The summed E-state index contributed by atoms with van der Waals surface area (Å²) in [6.45, 7) is 0. The SMILES string of the molecule is O=C(NNC(=O)c1ccc(-c2ccccc2)o1)c1ccccn1. The van der Waals surface area contributed by atoms with Crippen LogP contribution in [0.2, 0.25) is 0 Å². The molecule has 2 N–H and O–H groups in total. The van der Waals surface area contributed by atoms with Crippen LogP contribution >= 0.6 is 0 Å². The van der Waals surface area contributed by atoms with E-state index in [4.69, 9.17) is 4.42 Å². The molecule has 1 aromatic carbocycles. The summed E-state index contributed by atoms with van der Waals surface area (Å²) in [6, 6.07) is 17.6. The number of aromatic nitrogens is 1. The number of benzene rings is 1. The Morgan fingerprint density at radius 2 is 1.57 bits per heavy atom. The van der Waals surface area contributed by atoms with Crippen LogP contribution in [-0.4, -0.2) is 16.8 Å². The Kier molecular flexibility index (Phi) is 4.15. The number of hydrogen-bond donors (Lipinski definition) is 2. The van der Waals surface area contributed by atoms with Crippen molar-refractivity contribution in [3.63, 3.8) is 0 Å². The van der Waals surface area contributed by atoms with Crippen molar-refractivity contribution in [2.75, 3.05) is 0 Å². The molecule has 6 nitrogen and oxygen atoms in total. The van der Waals surface area contributed by atoms with E-state index in [1.807, 2.05) is 30.3 Å². The molecule has 2 heterocycles. The van der Waals surface area contributed by atoms with Crippen LogP contribution in [0.1, 0.15) is 21.0 Å². The van der Waals surface area contributed by atoms with Crippen molar-refractivity contribution in [2.45, 2.75) is 0 Å². The highest BCUT2D eigenvalue weighted by Crippen LogP contribution is 2.21. The summed E-state index contributed by atoms with van der Waals surface area (Å²) in [5.74, 6) is -0.373. The van der Waals surface area contributed by atoms with E-state index in [1.54, 1.807) is 30.3 Å². The Morgan fingerprint density at radius 3 is 2.30 bits per heavy atom. The van der Waals surface area contributed by atoms with Gasteiger partial charge in [0.05, 0.1) is 0 Å². The van der Waals surface area contributed by atoms with Crippen LogP contribution < -0.4 is 10.9 Å². The quantitative estimate of drug-likeness (QED) is 0.728. The summed E-state index contributed by atoms with van der Waals surface area (Å²) in [6.07, 6.45) is 1.50. The molecule has 0 atom stereocenters. The lowest BCUT2D eigenvalue weighted by Gasteiger charge is -2.05. The lowest BCUT2D eigenvalue weighted by atomic mass is 10.2. The zero-order valence-corrected chi connectivity index (χ0v) is 12.0. The van der Waals surface area contributed by atoms with E-state index >= 15 is 0 Å². The highest BCUT2D eigenvalue weighted by Gasteiger charge is 2.13. The number of hydrogen-bond acceptors (Lipinski definition) is 4. The lowest BCUT2D eigenvalue weighted by molar-refractivity contribution is 0.0829. The van der Waals surface area contributed by atoms with Crippen LogP contribution in [-0.2, 0) is 0 Å². The predicted molar refractivity (Wildman–Crippen MR) is 83.3 cm³/mol. The van der Waals surface area contributed by atoms with Gasteiger partial charge in [-0.25, -0.2) is 0 Å². The van der Waals surface area contributed by atoms with Crippen molar-refractivity contribution in [1.82, 2.24) is 15.8 Å². The molecule has 0 aliphatic carbocycles. The third-order valence-corrected chi connectivity index (χ3v) is 3.08. The molecule has 23 heavy (non-hydrogen) atoms. The predicted octanol–water partition coefficient (Wildman–Crippen LogP) is 2.42. The van der Waals surface area contributed by atoms with Gasteiger partial charge in [-0.3, -0.25) is 25.4 Å². The van der Waals surface area contributed by atoms with Gasteiger partial charge in [0.2, 0.25) is 0 Å². The fourth-order valence-electron chi connectivity index (χ4n) is 1.95. The third-order valence-electron chi connectivity index (χ3n) is 3.08. The van der Waals surface area contributed by atoms with Crippen molar-refractivity contribution in [2.24, 2.45) is 0 Å². The topological polar surface area (TPSA) is 84.2 Å². The van der Waals surface area contributed by atoms with Gasteiger partial charge in [-0.2, -0.15) is 0 Å². The maximum atomic E-state index is 12.0. The number of nitrogens with one attached hydrogen (secondary N) is 2. The molecule has 6 heteroatoms. The first kappa shape index (κ1) is 14.5. The number of nitrogens with zero attached hydrogens (tertiary/aromatic N) is 1. The van der Waals surface area contributed by atoms with Crippen LogP contribution in [0, 0.1) is 0 Å². The first-order valence-electron chi connectivity index (χ1n) is 6.91. The molecular weight excluding hydrogens is 294 g/mol. The van der Waals surface area contributed by atoms with Gasteiger partial charge in [-0.15, -0.1) is 0 Å². The van der Waals surface area contributed by atoms with E-state index in [2.05, 4.69) is 15.8 Å². The molecule has 0 unspecified atom stereocenters. The second-order valence-electron chi connectivity index (χ2n) is 4.65. The van der Waals surface area contributed by atoms with Gasteiger partial charge in [0.1, 0.15) is 11.5 Å². The molecular formula is C17H13N3O3. The minimum Gasteiger partial charge on any atom is -0.451 e. The smallest absolute Gasteiger partial charge is 0.305 e. The Labute approximate surface area is 132 Å². The fraction of sp³-hybridized carbons (Fsp3) is 0. The van der Waals surface area contributed by atoms with Crippen molar-refractivity contribution in [3.8, 4) is 11.3 Å². The van der Waals surface area contributed by atoms with E-state index < -0.39 is 11.8 Å². The van der Waals surface area contributed by atoms with Crippen molar-refractivity contribution in [1.29, 1.82) is 0 Å². The van der Waals surface area contributed by atoms with Crippen molar-refractivity contribution < 1.29 is 14.0 Å². The highest BCUT2D eigenvalue weighted by molar-refractivity contribution is 5.97. The van der Waals surface area contributed by atoms with Crippen LogP contribution in [0.15, 0.2) is 71.3 Å². The largest absolute Gasteiger partial charge is 0.451 e. The molecule has 0 saturated heterocycles. The monoisotopic (exact) mass is 307 g/mol. The zero-order valence-electron chi connectivity index (χ0n) is 12.0. The molecule has 0 saturated carbocycles. The van der Waals surface area contributed by atoms with Gasteiger partial charge < -0.3 is 4.42 Å². The lowest BCUT2D eigenvalue weighted by Crippen LogP contribution is -2.41. The van der Waals surface area contributed by atoms with E-state index in [0.717, 1.165) is 5.56 Å². The summed E-state index contributed by atoms with van der Waals surface area (Å²) in [5.41, 5.74) is 5.65. The fourth-order valence-corrected chi connectivity index (χ4v) is 1.95. The van der Waals surface area contributed by atoms with E-state index in [1.165, 1.54) is 6.20 Å². The Morgan fingerprint density at radius 1 is 0.826 bits per heavy atom. The van der Waals surface area contributed by atoms with E-state index in [-0.39, 0.29) is 11.5 Å². The summed E-state index contributed by atoms with van der Waals surface area (Å²) >= 11 is 0. The number of pyridine rings is 1. The summed E-state index contributed by atoms with van der Waals surface area (Å²) in [7, 11) is 0. The number of carbonyl (C=O) groups excluding carboxylic acids is 2. The Hall–Kier alpha value is -3.41. The molecule has 0 fully saturated rings. The minimum atomic E-state index is -0.545. The van der Waals surface area contributed by atoms with Gasteiger partial charge >= 0.3 is 5.91 Å².